The summed E-state index contributed by atoms with van der Waals surface area (Å²) in [6.45, 7) is 0. The van der Waals surface area contributed by atoms with Crippen LogP contribution in [0.2, 0.25) is 0 Å². The van der Waals surface area contributed by atoms with Gasteiger partial charge >= 0.3 is 39.6 Å². The van der Waals surface area contributed by atoms with Gasteiger partial charge in [-0.1, -0.05) is 0 Å². The molecule has 27 valence electrons. The number of carbonyl (C=O) groups is 1. The molecule has 0 spiro atoms. The Hall–Kier alpha value is 0.153. The second kappa shape index (κ2) is 2.39. The Kier molecular flexibility index (Phi) is 2.47. The van der Waals surface area contributed by atoms with Crippen LogP contribution in [0.3, 0.4) is 0 Å². The zero-order valence-corrected chi connectivity index (χ0v) is 4.72. The summed E-state index contributed by atoms with van der Waals surface area (Å²) in [7, 11) is 0. The molecule has 0 bridgehead atoms. The first-order valence-corrected chi connectivity index (χ1v) is 3.11. The van der Waals surface area contributed by atoms with Gasteiger partial charge in [0.15, 0.2) is 0 Å². The van der Waals surface area contributed by atoms with E-state index in [2.05, 4.69) is 0 Å². The van der Waals surface area contributed by atoms with Gasteiger partial charge in [0.2, 0.25) is 0 Å². The molecule has 3 nitrogen and oxygen atoms in total. The Balaban J connectivity index is 3.20. The number of carboxylic acid groups (broad SMARTS) is 1. The minimum atomic E-state index is -2.20. The van der Waals surface area contributed by atoms with Crippen molar-refractivity contribution in [3.8, 4) is 0 Å². The molecule has 0 aliphatic heterocycles. The second-order valence-electron chi connectivity index (χ2n) is 0.407. The summed E-state index contributed by atoms with van der Waals surface area (Å²) >= 11 is -2.20. The summed E-state index contributed by atoms with van der Waals surface area (Å²) < 4.78 is 8.07. The van der Waals surface area contributed by atoms with Crippen LogP contribution < -0.4 is 0 Å². The first-order valence-electron chi connectivity index (χ1n) is 0.882. The number of hydrogen-bond acceptors (Lipinski definition) is 2. The number of hydrogen-bond donors (Lipinski definition) is 1. The molecule has 0 heterocycles. The summed E-state index contributed by atoms with van der Waals surface area (Å²) in [4.78, 5) is 9.13. The molecule has 0 aliphatic carbocycles. The van der Waals surface area contributed by atoms with Crippen LogP contribution >= 0.6 is 0 Å². The Morgan fingerprint density at radius 1 is 1.80 bits per heavy atom. The SMILES string of the molecule is [O]=[Zr][C](=O)O. The zero-order valence-electron chi connectivity index (χ0n) is 2.26. The van der Waals surface area contributed by atoms with E-state index in [9.17, 15) is 2.81 Å². The van der Waals surface area contributed by atoms with E-state index in [1.54, 1.807) is 0 Å². The van der Waals surface area contributed by atoms with Crippen molar-refractivity contribution in [3.05, 3.63) is 0 Å². The van der Waals surface area contributed by atoms with Crippen molar-refractivity contribution >= 4 is 3.68 Å². The monoisotopic (exact) mass is 151 g/mol. The third kappa shape index (κ3) is 4.15. The van der Waals surface area contributed by atoms with Crippen molar-refractivity contribution in [3.63, 3.8) is 0 Å². The third-order valence-electron chi connectivity index (χ3n) is 0.0873. The van der Waals surface area contributed by atoms with Crippen molar-refractivity contribution in [1.29, 1.82) is 0 Å². The fraction of sp³-hybridized carbons (Fsp3) is 0. The molecule has 0 amide bonds. The standard InChI is InChI=1S/CHO2.O.Zr/c2-1-3;;/h(H,2,3);;. The molecular formula is CHO3Zr. The molecule has 0 unspecified atom stereocenters. The molecule has 0 aliphatic rings. The summed E-state index contributed by atoms with van der Waals surface area (Å²) in [5.41, 5.74) is 0. The minimum absolute atomic E-state index is 1.13. The molecule has 0 radical (unpaired) electrons. The Labute approximate surface area is 40.0 Å². The Morgan fingerprint density at radius 2 is 2.00 bits per heavy atom. The zero-order chi connectivity index (χ0) is 4.28. The van der Waals surface area contributed by atoms with Crippen LogP contribution in [0, 0.1) is 0 Å². The van der Waals surface area contributed by atoms with E-state index >= 15 is 0 Å². The van der Waals surface area contributed by atoms with Crippen LogP contribution in [-0.2, 0) is 26.1 Å². The van der Waals surface area contributed by atoms with Crippen LogP contribution in [0.5, 0.6) is 0 Å². The maximum absolute atomic E-state index is 9.20. The van der Waals surface area contributed by atoms with Gasteiger partial charge in [-0.15, -0.1) is 0 Å². The summed E-state index contributed by atoms with van der Waals surface area (Å²) in [6, 6.07) is 0. The van der Waals surface area contributed by atoms with Crippen molar-refractivity contribution < 1.29 is 36.0 Å². The molecular weight excluding hydrogens is 151 g/mol. The average molecular weight is 152 g/mol. The van der Waals surface area contributed by atoms with Gasteiger partial charge in [-0.05, 0) is 0 Å². The van der Waals surface area contributed by atoms with E-state index < -0.39 is 26.9 Å². The molecule has 0 fully saturated rings. The fourth-order valence-electron chi connectivity index (χ4n) is 0. The van der Waals surface area contributed by atoms with Crippen LogP contribution in [0.1, 0.15) is 0 Å². The quantitative estimate of drug-likeness (QED) is 0.579. The topological polar surface area (TPSA) is 54.4 Å². The molecule has 4 heteroatoms. The van der Waals surface area contributed by atoms with Gasteiger partial charge in [0.1, 0.15) is 0 Å². The second-order valence-corrected chi connectivity index (χ2v) is 1.96. The van der Waals surface area contributed by atoms with Crippen molar-refractivity contribution in [2.45, 2.75) is 0 Å². The van der Waals surface area contributed by atoms with Gasteiger partial charge in [0.05, 0.1) is 0 Å². The summed E-state index contributed by atoms with van der Waals surface area (Å²) in [5, 5.41) is 7.49. The molecule has 5 heavy (non-hydrogen) atoms. The summed E-state index contributed by atoms with van der Waals surface area (Å²) in [6.07, 6.45) is 0. The van der Waals surface area contributed by atoms with Crippen LogP contribution in [0.4, 0.5) is 4.79 Å². The predicted molar refractivity (Wildman–Crippen MR) is 8.71 cm³/mol. The van der Waals surface area contributed by atoms with Gasteiger partial charge < -0.3 is 0 Å². The molecule has 0 aromatic carbocycles. The summed E-state index contributed by atoms with van der Waals surface area (Å²) in [5.74, 6) is 0. The van der Waals surface area contributed by atoms with E-state index in [4.69, 9.17) is 9.90 Å². The first kappa shape index (κ1) is 5.15. The molecule has 1 N–H and O–H groups in total. The third-order valence-corrected chi connectivity index (χ3v) is 0.517. The van der Waals surface area contributed by atoms with Crippen LogP contribution in [0.25, 0.3) is 0 Å². The normalized spacial score (nSPS) is 5.60. The molecule has 0 aromatic rings. The van der Waals surface area contributed by atoms with Crippen molar-refractivity contribution in [1.82, 2.24) is 0 Å². The van der Waals surface area contributed by atoms with Gasteiger partial charge in [-0.25, -0.2) is 0 Å². The van der Waals surface area contributed by atoms with Gasteiger partial charge in [0.25, 0.3) is 0 Å². The maximum atomic E-state index is 9.20. The van der Waals surface area contributed by atoms with Crippen molar-refractivity contribution in [2.24, 2.45) is 0 Å². The molecule has 0 aromatic heterocycles. The molecule has 0 saturated carbocycles. The fourth-order valence-corrected chi connectivity index (χ4v) is 0. The molecule has 0 rings (SSSR count). The first-order chi connectivity index (χ1) is 2.27. The van der Waals surface area contributed by atoms with E-state index in [0.717, 1.165) is 0 Å². The van der Waals surface area contributed by atoms with E-state index in [1.165, 1.54) is 0 Å². The van der Waals surface area contributed by atoms with Crippen molar-refractivity contribution in [2.75, 3.05) is 0 Å². The van der Waals surface area contributed by atoms with E-state index in [1.807, 2.05) is 0 Å². The van der Waals surface area contributed by atoms with E-state index in [0.29, 0.717) is 0 Å². The predicted octanol–water partition coefficient (Wildman–Crippen LogP) is 0.0924. The number of rotatable bonds is 1. The Bertz CT molecular complexity index is 57.9. The van der Waals surface area contributed by atoms with E-state index in [-0.39, 0.29) is 0 Å². The molecule has 0 saturated heterocycles. The Morgan fingerprint density at radius 3 is 2.00 bits per heavy atom. The van der Waals surface area contributed by atoms with Crippen LogP contribution in [-0.4, -0.2) is 8.78 Å². The van der Waals surface area contributed by atoms with Gasteiger partial charge in [-0.3, -0.25) is 0 Å². The molecule has 0 atom stereocenters. The van der Waals surface area contributed by atoms with Gasteiger partial charge in [-0.2, -0.15) is 0 Å². The van der Waals surface area contributed by atoms with Crippen LogP contribution in [0.15, 0.2) is 0 Å². The average Bonchev–Trinajstić information content (AvgIpc) is 1.38. The van der Waals surface area contributed by atoms with Gasteiger partial charge in [0, 0.05) is 0 Å².